The van der Waals surface area contributed by atoms with Crippen molar-refractivity contribution in [3.05, 3.63) is 46.4 Å². The Balaban J connectivity index is 1.96. The zero-order chi connectivity index (χ0) is 24.8. The molecule has 0 aliphatic carbocycles. The first-order chi connectivity index (χ1) is 15.2. The molecule has 3 rings (SSSR count). The molecule has 1 saturated heterocycles. The molecule has 4 atom stereocenters. The second-order valence-electron chi connectivity index (χ2n) is 10.6. The summed E-state index contributed by atoms with van der Waals surface area (Å²) < 4.78 is 36.4. The fourth-order valence-corrected chi connectivity index (χ4v) is 5.49. The number of hydrogen-bond acceptors (Lipinski definition) is 5. The van der Waals surface area contributed by atoms with Crippen molar-refractivity contribution >= 4 is 20.5 Å². The molecule has 0 unspecified atom stereocenters. The van der Waals surface area contributed by atoms with Gasteiger partial charge in [0, 0.05) is 24.6 Å². The summed E-state index contributed by atoms with van der Waals surface area (Å²) in [6.45, 7) is 18.5. The van der Waals surface area contributed by atoms with E-state index in [0.717, 1.165) is 16.9 Å². The summed E-state index contributed by atoms with van der Waals surface area (Å²) in [6.07, 6.45) is 0.818. The summed E-state index contributed by atoms with van der Waals surface area (Å²) in [4.78, 5) is 4.48. The highest BCUT2D eigenvalue weighted by molar-refractivity contribution is 7.71. The summed E-state index contributed by atoms with van der Waals surface area (Å²) in [6, 6.07) is 7.70. The third-order valence-corrected chi connectivity index (χ3v) is 12.0. The van der Waals surface area contributed by atoms with Crippen LogP contribution in [0.2, 0.25) is 18.1 Å². The van der Waals surface area contributed by atoms with Gasteiger partial charge in [-0.1, -0.05) is 52.8 Å². The Hall–Kier alpha value is -1.61. The number of para-hydroxylation sites is 1. The Morgan fingerprint density at radius 3 is 2.33 bits per heavy atom. The maximum Gasteiger partial charge on any atom is 0.223 e. The average molecular weight is 493 g/mol. The molecule has 1 aromatic heterocycles. The lowest BCUT2D eigenvalue weighted by Gasteiger charge is -2.40. The number of hydrogen-bond donors (Lipinski definition) is 0. The maximum absolute atomic E-state index is 15.7. The van der Waals surface area contributed by atoms with Crippen molar-refractivity contribution in [2.24, 2.45) is 5.92 Å². The lowest BCUT2D eigenvalue weighted by Crippen LogP contribution is -2.47. The zero-order valence-corrected chi connectivity index (χ0v) is 23.0. The van der Waals surface area contributed by atoms with Gasteiger partial charge in [-0.05, 0) is 55.3 Å². The van der Waals surface area contributed by atoms with Crippen molar-refractivity contribution in [2.45, 2.75) is 91.2 Å². The maximum atomic E-state index is 15.7. The zero-order valence-electron chi connectivity index (χ0n) is 21.2. The quantitative estimate of drug-likeness (QED) is 0.306. The van der Waals surface area contributed by atoms with E-state index in [-0.39, 0.29) is 16.2 Å². The van der Waals surface area contributed by atoms with Crippen LogP contribution in [0, 0.1) is 24.5 Å². The first-order valence-electron chi connectivity index (χ1n) is 11.6. The van der Waals surface area contributed by atoms with E-state index in [2.05, 4.69) is 38.8 Å². The van der Waals surface area contributed by atoms with Gasteiger partial charge in [-0.3, -0.25) is 4.57 Å². The SMILES string of the molecule is CC[C@@]1(F)O[C@@H](n2ccc(Oc3c(C)cccc3C)nc2=S)[C@H](O[Si](C)(C)C(C)(C)C)[C@@H]1C. The van der Waals surface area contributed by atoms with E-state index in [4.69, 9.17) is 26.1 Å². The highest BCUT2D eigenvalue weighted by Crippen LogP contribution is 2.49. The van der Waals surface area contributed by atoms with E-state index in [9.17, 15) is 0 Å². The summed E-state index contributed by atoms with van der Waals surface area (Å²) >= 11 is 5.60. The molecule has 0 radical (unpaired) electrons. The third kappa shape index (κ3) is 5.09. The molecule has 1 aliphatic rings. The van der Waals surface area contributed by atoms with Crippen LogP contribution >= 0.6 is 12.2 Å². The number of rotatable bonds is 6. The minimum absolute atomic E-state index is 0.0200. The minimum Gasteiger partial charge on any atom is -0.438 e. The van der Waals surface area contributed by atoms with Crippen molar-refractivity contribution in [2.75, 3.05) is 0 Å². The van der Waals surface area contributed by atoms with Crippen LogP contribution in [0.25, 0.3) is 0 Å². The molecule has 5 nitrogen and oxygen atoms in total. The van der Waals surface area contributed by atoms with Gasteiger partial charge in [-0.25, -0.2) is 4.39 Å². The number of halogens is 1. The topological polar surface area (TPSA) is 45.5 Å². The van der Waals surface area contributed by atoms with Gasteiger partial charge in [-0.15, -0.1) is 0 Å². The number of benzene rings is 1. The number of ether oxygens (including phenoxy) is 2. The van der Waals surface area contributed by atoms with Crippen LogP contribution in [0.15, 0.2) is 30.5 Å². The van der Waals surface area contributed by atoms with Crippen LogP contribution < -0.4 is 4.74 Å². The van der Waals surface area contributed by atoms with E-state index >= 15 is 4.39 Å². The summed E-state index contributed by atoms with van der Waals surface area (Å²) in [7, 11) is -2.19. The van der Waals surface area contributed by atoms with E-state index in [1.165, 1.54) is 0 Å². The Morgan fingerprint density at radius 1 is 1.21 bits per heavy atom. The Morgan fingerprint density at radius 2 is 1.82 bits per heavy atom. The molecule has 0 N–H and O–H groups in total. The lowest BCUT2D eigenvalue weighted by atomic mass is 9.96. The predicted octanol–water partition coefficient (Wildman–Crippen LogP) is 7.65. The molecule has 1 aromatic carbocycles. The minimum atomic E-state index is -2.19. The predicted molar refractivity (Wildman–Crippen MR) is 135 cm³/mol. The first-order valence-corrected chi connectivity index (χ1v) is 14.9. The third-order valence-electron chi connectivity index (χ3n) is 7.18. The molecule has 0 bridgehead atoms. The second kappa shape index (κ2) is 9.21. The van der Waals surface area contributed by atoms with Crippen molar-refractivity contribution in [1.29, 1.82) is 0 Å². The monoisotopic (exact) mass is 492 g/mol. The van der Waals surface area contributed by atoms with Gasteiger partial charge in [0.2, 0.25) is 16.5 Å². The highest BCUT2D eigenvalue weighted by Gasteiger charge is 2.56. The van der Waals surface area contributed by atoms with Gasteiger partial charge in [0.1, 0.15) is 5.75 Å². The largest absolute Gasteiger partial charge is 0.438 e. The van der Waals surface area contributed by atoms with Crippen LogP contribution in [-0.2, 0) is 9.16 Å². The second-order valence-corrected chi connectivity index (χ2v) is 15.7. The number of aromatic nitrogens is 2. The molecule has 0 spiro atoms. The fraction of sp³-hybridized carbons (Fsp3) is 0.600. The Bertz CT molecular complexity index is 1050. The fourth-order valence-electron chi connectivity index (χ4n) is 3.88. The summed E-state index contributed by atoms with van der Waals surface area (Å²) in [5, 5.41) is -0.0200. The van der Waals surface area contributed by atoms with Crippen LogP contribution in [0.4, 0.5) is 4.39 Å². The molecule has 0 amide bonds. The van der Waals surface area contributed by atoms with Crippen LogP contribution in [-0.4, -0.2) is 29.8 Å². The van der Waals surface area contributed by atoms with Crippen LogP contribution in [0.3, 0.4) is 0 Å². The molecule has 2 aromatic rings. The lowest BCUT2D eigenvalue weighted by molar-refractivity contribution is -0.172. The van der Waals surface area contributed by atoms with Gasteiger partial charge in [0.05, 0.1) is 6.10 Å². The van der Waals surface area contributed by atoms with Gasteiger partial charge in [0.15, 0.2) is 14.5 Å². The Labute approximate surface area is 203 Å². The highest BCUT2D eigenvalue weighted by atomic mass is 32.1. The van der Waals surface area contributed by atoms with Crippen LogP contribution in [0.5, 0.6) is 11.6 Å². The molecule has 1 aliphatic heterocycles. The van der Waals surface area contributed by atoms with E-state index in [1.807, 2.05) is 39.0 Å². The van der Waals surface area contributed by atoms with Crippen molar-refractivity contribution < 1.29 is 18.3 Å². The molecule has 1 fully saturated rings. The van der Waals surface area contributed by atoms with E-state index < -0.39 is 32.4 Å². The smallest absolute Gasteiger partial charge is 0.223 e. The molecular formula is C25H37FN2O3SSi. The number of alkyl halides is 1. The standard InChI is InChI=1S/C25H37FN2O3SSi/c1-10-25(26)18(4)21(31-33(8,9)24(5,6)7)22(30-25)28-15-14-19(27-23(28)32)29-20-16(2)12-11-13-17(20)3/h11-15,18,21-22H,10H2,1-9H3/t18-,21+,22+,25+/m0/s1. The van der Waals surface area contributed by atoms with Crippen molar-refractivity contribution in [3.63, 3.8) is 0 Å². The van der Waals surface area contributed by atoms with Gasteiger partial charge in [-0.2, -0.15) is 4.98 Å². The van der Waals surface area contributed by atoms with Gasteiger partial charge < -0.3 is 13.9 Å². The molecule has 8 heteroatoms. The number of aryl methyl sites for hydroxylation is 2. The van der Waals surface area contributed by atoms with Crippen molar-refractivity contribution in [1.82, 2.24) is 9.55 Å². The molecule has 182 valence electrons. The van der Waals surface area contributed by atoms with E-state index in [1.54, 1.807) is 23.8 Å². The van der Waals surface area contributed by atoms with Crippen LogP contribution in [0.1, 0.15) is 58.4 Å². The summed E-state index contributed by atoms with van der Waals surface area (Å²) in [5.41, 5.74) is 2.03. The van der Waals surface area contributed by atoms with E-state index in [0.29, 0.717) is 5.88 Å². The first kappa shape index (κ1) is 26.0. The molecular weight excluding hydrogens is 455 g/mol. The summed E-state index contributed by atoms with van der Waals surface area (Å²) in [5.74, 6) is -1.09. The Kier molecular flexibility index (Phi) is 7.25. The number of nitrogens with zero attached hydrogens (tertiary/aromatic N) is 2. The van der Waals surface area contributed by atoms with Crippen molar-refractivity contribution in [3.8, 4) is 11.6 Å². The van der Waals surface area contributed by atoms with Gasteiger partial charge in [0.25, 0.3) is 0 Å². The molecule has 2 heterocycles. The van der Waals surface area contributed by atoms with Gasteiger partial charge >= 0.3 is 0 Å². The average Bonchev–Trinajstić information content (AvgIpc) is 2.95. The molecule has 33 heavy (non-hydrogen) atoms. The normalized spacial score (nSPS) is 25.9. The molecule has 0 saturated carbocycles.